The van der Waals surface area contributed by atoms with Crippen LogP contribution in [-0.4, -0.2) is 29.8 Å². The summed E-state index contributed by atoms with van der Waals surface area (Å²) in [5, 5.41) is 0. The Hall–Kier alpha value is -1.58. The molecule has 0 saturated carbocycles. The number of nitrogen functional groups attached to an aromatic ring is 1. The van der Waals surface area contributed by atoms with E-state index in [2.05, 4.69) is 16.9 Å². The molecule has 1 aromatic rings. The van der Waals surface area contributed by atoms with Gasteiger partial charge in [-0.05, 0) is 26.8 Å². The lowest BCUT2D eigenvalue weighted by Crippen LogP contribution is -2.14. The lowest BCUT2D eigenvalue weighted by Gasteiger charge is -2.09. The highest BCUT2D eigenvalue weighted by atomic mass is 15.1. The summed E-state index contributed by atoms with van der Waals surface area (Å²) >= 11 is 0. The van der Waals surface area contributed by atoms with Crippen LogP contribution < -0.4 is 5.73 Å². The summed E-state index contributed by atoms with van der Waals surface area (Å²) in [4.78, 5) is 10.7. The minimum Gasteiger partial charge on any atom is -0.397 e. The van der Waals surface area contributed by atoms with Gasteiger partial charge in [-0.2, -0.15) is 0 Å². The second kappa shape index (κ2) is 4.77. The normalized spacial score (nSPS) is 10.9. The first-order chi connectivity index (χ1) is 7.04. The Labute approximate surface area is 90.8 Å². The zero-order valence-corrected chi connectivity index (χ0v) is 9.78. The second-order valence-electron chi connectivity index (χ2n) is 3.59. The van der Waals surface area contributed by atoms with Crippen molar-refractivity contribution in [2.24, 2.45) is 4.99 Å². The fraction of sp³-hybridized carbons (Fsp3) is 0.455. The van der Waals surface area contributed by atoms with E-state index < -0.39 is 0 Å². The average molecular weight is 206 g/mol. The zero-order valence-electron chi connectivity index (χ0n) is 9.78. The summed E-state index contributed by atoms with van der Waals surface area (Å²) in [5.74, 6) is 0. The lowest BCUT2D eigenvalue weighted by molar-refractivity contribution is 0.552. The molecule has 4 heteroatoms. The third kappa shape index (κ3) is 2.94. The van der Waals surface area contributed by atoms with Crippen LogP contribution in [0.15, 0.2) is 11.1 Å². The van der Waals surface area contributed by atoms with Crippen molar-refractivity contribution in [2.45, 2.75) is 20.8 Å². The van der Waals surface area contributed by atoms with Crippen molar-refractivity contribution in [3.05, 3.63) is 17.5 Å². The predicted octanol–water partition coefficient (Wildman–Crippen LogP) is 1.89. The number of aliphatic imine (C=N–C) groups is 1. The number of nitrogens with zero attached hydrogens (tertiary/aromatic N) is 3. The molecule has 0 unspecified atom stereocenters. The molecule has 0 aliphatic heterocycles. The van der Waals surface area contributed by atoms with Crippen LogP contribution in [0.3, 0.4) is 0 Å². The second-order valence-corrected chi connectivity index (χ2v) is 3.59. The van der Waals surface area contributed by atoms with Crippen molar-refractivity contribution < 1.29 is 0 Å². The van der Waals surface area contributed by atoms with Crippen LogP contribution in [0.1, 0.15) is 18.3 Å². The van der Waals surface area contributed by atoms with Gasteiger partial charge in [-0.25, -0.2) is 4.99 Å². The molecule has 1 heterocycles. The van der Waals surface area contributed by atoms with Crippen LogP contribution >= 0.6 is 0 Å². The van der Waals surface area contributed by atoms with Gasteiger partial charge in [0.15, 0.2) is 0 Å². The molecule has 1 aromatic heterocycles. The van der Waals surface area contributed by atoms with Gasteiger partial charge in [0.05, 0.1) is 29.1 Å². The van der Waals surface area contributed by atoms with Gasteiger partial charge in [0.1, 0.15) is 0 Å². The molecule has 0 atom stereocenters. The highest BCUT2D eigenvalue weighted by Crippen LogP contribution is 2.21. The first-order valence-corrected chi connectivity index (χ1v) is 5.02. The van der Waals surface area contributed by atoms with E-state index in [4.69, 9.17) is 5.73 Å². The van der Waals surface area contributed by atoms with Gasteiger partial charge in [0.2, 0.25) is 0 Å². The Balaban J connectivity index is 2.95. The topological polar surface area (TPSA) is 54.5 Å². The molecule has 0 aromatic carbocycles. The molecule has 2 N–H and O–H groups in total. The lowest BCUT2D eigenvalue weighted by atomic mass is 10.2. The number of pyridine rings is 1. The largest absolute Gasteiger partial charge is 0.397 e. The summed E-state index contributed by atoms with van der Waals surface area (Å²) in [6, 6.07) is 1.86. The Morgan fingerprint density at radius 2 is 2.13 bits per heavy atom. The summed E-state index contributed by atoms with van der Waals surface area (Å²) in [5.41, 5.74) is 9.06. The number of aryl methyl sites for hydroxylation is 2. The first-order valence-electron chi connectivity index (χ1n) is 5.02. The van der Waals surface area contributed by atoms with E-state index in [9.17, 15) is 0 Å². The number of rotatable bonds is 3. The van der Waals surface area contributed by atoms with E-state index in [-0.39, 0.29) is 0 Å². The maximum atomic E-state index is 5.78. The Morgan fingerprint density at radius 1 is 1.47 bits per heavy atom. The monoisotopic (exact) mass is 206 g/mol. The maximum absolute atomic E-state index is 5.78. The molecular formula is C11H18N4. The third-order valence-electron chi connectivity index (χ3n) is 2.31. The van der Waals surface area contributed by atoms with Crippen LogP contribution in [0.5, 0.6) is 0 Å². The number of aromatic nitrogens is 1. The predicted molar refractivity (Wildman–Crippen MR) is 64.6 cm³/mol. The maximum Gasteiger partial charge on any atom is 0.0910 e. The standard InChI is InChI=1S/C11H18N4/c1-5-15(4)7-13-11-6-10(12)8(2)14-9(11)3/h6-7H,5,12H2,1-4H3/b13-7+. The van der Waals surface area contributed by atoms with Gasteiger partial charge in [-0.1, -0.05) is 0 Å². The third-order valence-corrected chi connectivity index (χ3v) is 2.31. The molecule has 0 bridgehead atoms. The Kier molecular flexibility index (Phi) is 3.66. The number of hydrogen-bond acceptors (Lipinski definition) is 3. The van der Waals surface area contributed by atoms with Gasteiger partial charge in [0.25, 0.3) is 0 Å². The zero-order chi connectivity index (χ0) is 11.4. The van der Waals surface area contributed by atoms with Crippen LogP contribution in [0.25, 0.3) is 0 Å². The summed E-state index contributed by atoms with van der Waals surface area (Å²) in [7, 11) is 1.98. The van der Waals surface area contributed by atoms with E-state index in [0.717, 1.165) is 23.6 Å². The van der Waals surface area contributed by atoms with Crippen LogP contribution in [0.4, 0.5) is 11.4 Å². The van der Waals surface area contributed by atoms with Gasteiger partial charge in [0, 0.05) is 13.6 Å². The van der Waals surface area contributed by atoms with Crippen molar-refractivity contribution in [2.75, 3.05) is 19.3 Å². The summed E-state index contributed by atoms with van der Waals surface area (Å²) in [6.07, 6.45) is 1.79. The smallest absolute Gasteiger partial charge is 0.0910 e. The van der Waals surface area contributed by atoms with Gasteiger partial charge in [-0.3, -0.25) is 4.98 Å². The van der Waals surface area contributed by atoms with Crippen molar-refractivity contribution in [1.82, 2.24) is 9.88 Å². The minimum atomic E-state index is 0.687. The average Bonchev–Trinajstić information content (AvgIpc) is 2.21. The molecule has 0 spiro atoms. The number of nitrogens with two attached hydrogens (primary N) is 1. The highest BCUT2D eigenvalue weighted by molar-refractivity contribution is 5.65. The van der Waals surface area contributed by atoms with Crippen LogP contribution in [-0.2, 0) is 0 Å². The molecule has 1 rings (SSSR count). The fourth-order valence-electron chi connectivity index (χ4n) is 1.10. The molecule has 82 valence electrons. The molecule has 0 fully saturated rings. The van der Waals surface area contributed by atoms with Crippen molar-refractivity contribution in [3.8, 4) is 0 Å². The molecule has 0 saturated heterocycles. The quantitative estimate of drug-likeness (QED) is 0.607. The molecule has 0 radical (unpaired) electrons. The number of anilines is 1. The Bertz CT molecular complexity index is 371. The van der Waals surface area contributed by atoms with E-state index in [1.165, 1.54) is 0 Å². The fourth-order valence-corrected chi connectivity index (χ4v) is 1.10. The molecule has 15 heavy (non-hydrogen) atoms. The molecule has 0 aliphatic rings. The first kappa shape index (κ1) is 11.5. The van der Waals surface area contributed by atoms with Crippen LogP contribution in [0, 0.1) is 13.8 Å². The Morgan fingerprint density at radius 3 is 2.73 bits per heavy atom. The van der Waals surface area contributed by atoms with Crippen molar-refractivity contribution >= 4 is 17.7 Å². The van der Waals surface area contributed by atoms with Crippen molar-refractivity contribution in [3.63, 3.8) is 0 Å². The summed E-state index contributed by atoms with van der Waals surface area (Å²) in [6.45, 7) is 6.83. The SMILES string of the molecule is CCN(C)/C=N/c1cc(N)c(C)nc1C. The van der Waals surface area contributed by atoms with E-state index in [1.54, 1.807) is 6.34 Å². The minimum absolute atomic E-state index is 0.687. The molecule has 4 nitrogen and oxygen atoms in total. The van der Waals surface area contributed by atoms with Crippen molar-refractivity contribution in [1.29, 1.82) is 0 Å². The number of hydrogen-bond donors (Lipinski definition) is 1. The van der Waals surface area contributed by atoms with Gasteiger partial charge >= 0.3 is 0 Å². The molecule has 0 amide bonds. The van der Waals surface area contributed by atoms with Crippen LogP contribution in [0.2, 0.25) is 0 Å². The molecule has 0 aliphatic carbocycles. The van der Waals surface area contributed by atoms with E-state index in [0.29, 0.717) is 5.69 Å². The summed E-state index contributed by atoms with van der Waals surface area (Å²) < 4.78 is 0. The van der Waals surface area contributed by atoms with Gasteiger partial charge < -0.3 is 10.6 Å². The van der Waals surface area contributed by atoms with E-state index >= 15 is 0 Å². The highest BCUT2D eigenvalue weighted by Gasteiger charge is 2.01. The molecular weight excluding hydrogens is 188 g/mol. The van der Waals surface area contributed by atoms with E-state index in [1.807, 2.05) is 31.9 Å². The van der Waals surface area contributed by atoms with Gasteiger partial charge in [-0.15, -0.1) is 0 Å².